The number of hydrogen-bond acceptors (Lipinski definition) is 5. The number of nitro groups is 1. The average molecular weight is 256 g/mol. The number of esters is 1. The van der Waals surface area contributed by atoms with Crippen molar-refractivity contribution < 1.29 is 23.2 Å². The van der Waals surface area contributed by atoms with Crippen molar-refractivity contribution in [3.63, 3.8) is 0 Å². The predicted octanol–water partition coefficient (Wildman–Crippen LogP) is 2.19. The number of alkyl halides is 2. The first-order valence-electron chi connectivity index (χ1n) is 4.51. The van der Waals surface area contributed by atoms with Gasteiger partial charge in [-0.15, -0.1) is 0 Å². The Bertz CT molecular complexity index is 552. The number of rotatable bonds is 3. The molecule has 1 rings (SSSR count). The minimum absolute atomic E-state index is 0.281. The predicted molar refractivity (Wildman–Crippen MR) is 54.1 cm³/mol. The maximum atomic E-state index is 12.7. The van der Waals surface area contributed by atoms with Gasteiger partial charge in [0.1, 0.15) is 5.56 Å². The molecule has 94 valence electrons. The van der Waals surface area contributed by atoms with Gasteiger partial charge in [-0.2, -0.15) is 5.26 Å². The molecule has 6 nitrogen and oxygen atoms in total. The van der Waals surface area contributed by atoms with Crippen molar-refractivity contribution in [2.75, 3.05) is 7.11 Å². The van der Waals surface area contributed by atoms with Gasteiger partial charge in [0.05, 0.1) is 29.2 Å². The minimum atomic E-state index is -3.18. The van der Waals surface area contributed by atoms with E-state index in [9.17, 15) is 23.7 Å². The molecule has 0 saturated heterocycles. The smallest absolute Gasteiger partial charge is 0.344 e. The Hall–Kier alpha value is -2.56. The van der Waals surface area contributed by atoms with Crippen LogP contribution in [-0.4, -0.2) is 18.0 Å². The zero-order chi connectivity index (χ0) is 13.9. The van der Waals surface area contributed by atoms with Crippen LogP contribution in [0.1, 0.15) is 27.9 Å². The van der Waals surface area contributed by atoms with Gasteiger partial charge in [0.2, 0.25) is 0 Å². The van der Waals surface area contributed by atoms with Crippen molar-refractivity contribution in [2.45, 2.75) is 6.43 Å². The highest BCUT2D eigenvalue weighted by Crippen LogP contribution is 2.33. The number of nitrogens with zero attached hydrogens (tertiary/aromatic N) is 2. The number of benzene rings is 1. The highest BCUT2D eigenvalue weighted by molar-refractivity contribution is 5.95. The normalized spacial score (nSPS) is 9.94. The molecule has 0 aliphatic rings. The molecule has 1 aromatic carbocycles. The van der Waals surface area contributed by atoms with Crippen LogP contribution in [0.25, 0.3) is 0 Å². The fourth-order valence-electron chi connectivity index (χ4n) is 1.36. The number of carbonyl (C=O) groups excluding carboxylic acids is 1. The molecule has 0 amide bonds. The van der Waals surface area contributed by atoms with E-state index in [1.807, 2.05) is 0 Å². The number of nitriles is 1. The Kier molecular flexibility index (Phi) is 3.89. The van der Waals surface area contributed by atoms with E-state index in [0.29, 0.717) is 6.07 Å². The molecule has 0 bridgehead atoms. The van der Waals surface area contributed by atoms with Crippen LogP contribution in [0.5, 0.6) is 0 Å². The van der Waals surface area contributed by atoms with Gasteiger partial charge in [0.15, 0.2) is 0 Å². The van der Waals surface area contributed by atoms with Crippen LogP contribution in [0.15, 0.2) is 12.1 Å². The van der Waals surface area contributed by atoms with E-state index in [4.69, 9.17) is 5.26 Å². The summed E-state index contributed by atoms with van der Waals surface area (Å²) in [5, 5.41) is 19.4. The van der Waals surface area contributed by atoms with Crippen LogP contribution in [0.2, 0.25) is 0 Å². The third kappa shape index (κ3) is 2.40. The number of nitro benzene ring substituents is 1. The Morgan fingerprint density at radius 1 is 1.56 bits per heavy atom. The molecule has 8 heteroatoms. The summed E-state index contributed by atoms with van der Waals surface area (Å²) in [5.41, 5.74) is -2.98. The van der Waals surface area contributed by atoms with E-state index in [1.165, 1.54) is 0 Å². The lowest BCUT2D eigenvalue weighted by molar-refractivity contribution is -0.386. The first kappa shape index (κ1) is 13.5. The van der Waals surface area contributed by atoms with Crippen LogP contribution in [0, 0.1) is 21.4 Å². The highest BCUT2D eigenvalue weighted by atomic mass is 19.3. The van der Waals surface area contributed by atoms with Crippen LogP contribution >= 0.6 is 0 Å². The van der Waals surface area contributed by atoms with Crippen molar-refractivity contribution in [1.29, 1.82) is 5.26 Å². The van der Waals surface area contributed by atoms with Gasteiger partial charge in [-0.1, -0.05) is 0 Å². The molecule has 0 N–H and O–H groups in total. The van der Waals surface area contributed by atoms with Gasteiger partial charge >= 0.3 is 5.97 Å². The summed E-state index contributed by atoms with van der Waals surface area (Å²) in [6, 6.07) is 3.06. The second kappa shape index (κ2) is 5.18. The molecule has 0 aliphatic carbocycles. The summed E-state index contributed by atoms with van der Waals surface area (Å²) in [6.07, 6.45) is -3.18. The lowest BCUT2D eigenvalue weighted by atomic mass is 10.0. The Balaban J connectivity index is 3.66. The molecule has 0 fully saturated rings. The largest absolute Gasteiger partial charge is 0.465 e. The van der Waals surface area contributed by atoms with E-state index >= 15 is 0 Å². The average Bonchev–Trinajstić information content (AvgIpc) is 2.35. The first-order chi connectivity index (χ1) is 8.42. The zero-order valence-electron chi connectivity index (χ0n) is 9.02. The van der Waals surface area contributed by atoms with Crippen LogP contribution in [0.3, 0.4) is 0 Å². The highest BCUT2D eigenvalue weighted by Gasteiger charge is 2.30. The van der Waals surface area contributed by atoms with Crippen molar-refractivity contribution >= 4 is 11.7 Å². The Morgan fingerprint density at radius 2 is 2.17 bits per heavy atom. The van der Waals surface area contributed by atoms with Crippen molar-refractivity contribution in [3.05, 3.63) is 38.9 Å². The van der Waals surface area contributed by atoms with Gasteiger partial charge in [-0.05, 0) is 12.1 Å². The number of ether oxygens (including phenoxy) is 1. The van der Waals surface area contributed by atoms with Crippen molar-refractivity contribution in [1.82, 2.24) is 0 Å². The molecule has 0 heterocycles. The van der Waals surface area contributed by atoms with Gasteiger partial charge in [-0.3, -0.25) is 10.1 Å². The summed E-state index contributed by atoms with van der Waals surface area (Å²) in [4.78, 5) is 20.9. The van der Waals surface area contributed by atoms with E-state index < -0.39 is 34.1 Å². The maximum absolute atomic E-state index is 12.7. The molecule has 0 radical (unpaired) electrons. The topological polar surface area (TPSA) is 93.2 Å². The van der Waals surface area contributed by atoms with E-state index in [2.05, 4.69) is 4.74 Å². The molecule has 18 heavy (non-hydrogen) atoms. The van der Waals surface area contributed by atoms with E-state index in [-0.39, 0.29) is 5.56 Å². The molecular formula is C10H6F2N2O4. The third-order valence-electron chi connectivity index (χ3n) is 2.09. The number of hydrogen-bond donors (Lipinski definition) is 0. The van der Waals surface area contributed by atoms with Crippen molar-refractivity contribution in [2.24, 2.45) is 0 Å². The molecule has 0 saturated carbocycles. The van der Waals surface area contributed by atoms with E-state index in [0.717, 1.165) is 13.2 Å². The monoisotopic (exact) mass is 256 g/mol. The second-order valence-corrected chi connectivity index (χ2v) is 3.12. The lowest BCUT2D eigenvalue weighted by Crippen LogP contribution is -2.09. The summed E-state index contributed by atoms with van der Waals surface area (Å²) < 4.78 is 29.6. The molecule has 0 aliphatic heterocycles. The molecule has 0 aromatic heterocycles. The minimum Gasteiger partial charge on any atom is -0.465 e. The van der Waals surface area contributed by atoms with Gasteiger partial charge in [-0.25, -0.2) is 13.6 Å². The fraction of sp³-hybridized carbons (Fsp3) is 0.200. The number of halogens is 2. The summed E-state index contributed by atoms with van der Waals surface area (Å²) >= 11 is 0. The Morgan fingerprint density at radius 3 is 2.56 bits per heavy atom. The second-order valence-electron chi connectivity index (χ2n) is 3.12. The van der Waals surface area contributed by atoms with Gasteiger partial charge < -0.3 is 4.74 Å². The van der Waals surface area contributed by atoms with Crippen molar-refractivity contribution in [3.8, 4) is 6.07 Å². The SMILES string of the molecule is COC(=O)c1cc(C#N)cc(C(F)F)c1[N+](=O)[O-]. The standard InChI is InChI=1S/C10H6F2N2O4/c1-18-10(15)7-3-5(4-13)2-6(9(11)12)8(7)14(16)17/h2-3,9H,1H3. The molecule has 1 aromatic rings. The summed E-state index contributed by atoms with van der Waals surface area (Å²) in [6.45, 7) is 0. The fourth-order valence-corrected chi connectivity index (χ4v) is 1.36. The quantitative estimate of drug-likeness (QED) is 0.469. The maximum Gasteiger partial charge on any atom is 0.344 e. The number of carbonyl (C=O) groups is 1. The molecule has 0 spiro atoms. The first-order valence-corrected chi connectivity index (χ1v) is 4.51. The van der Waals surface area contributed by atoms with Crippen LogP contribution in [0.4, 0.5) is 14.5 Å². The molecular weight excluding hydrogens is 250 g/mol. The van der Waals surface area contributed by atoms with Crippen LogP contribution in [-0.2, 0) is 4.74 Å². The number of methoxy groups -OCH3 is 1. The van der Waals surface area contributed by atoms with Gasteiger partial charge in [0, 0.05) is 0 Å². The lowest BCUT2D eigenvalue weighted by Gasteiger charge is -2.06. The summed E-state index contributed by atoms with van der Waals surface area (Å²) in [7, 11) is 0.952. The third-order valence-corrected chi connectivity index (χ3v) is 2.09. The molecule has 0 unspecified atom stereocenters. The van der Waals surface area contributed by atoms with Crippen LogP contribution < -0.4 is 0 Å². The molecule has 0 atom stereocenters. The van der Waals surface area contributed by atoms with Gasteiger partial charge in [0.25, 0.3) is 12.1 Å². The Labute approximate surface area is 99.5 Å². The zero-order valence-corrected chi connectivity index (χ0v) is 9.02. The van der Waals surface area contributed by atoms with E-state index in [1.54, 1.807) is 6.07 Å². The summed E-state index contributed by atoms with van der Waals surface area (Å²) in [5.74, 6) is -1.15.